The Bertz CT molecular complexity index is 91.5. The van der Waals surface area contributed by atoms with Crippen LogP contribution in [-0.4, -0.2) is 17.4 Å². The van der Waals surface area contributed by atoms with Crippen molar-refractivity contribution < 1.29 is 24.6 Å². The molecule has 0 atom stereocenters. The molecule has 0 nitrogen and oxygen atoms in total. The smallest absolute Gasteiger partial charge is 1.00 e. The summed E-state index contributed by atoms with van der Waals surface area (Å²) in [6.07, 6.45) is 0. The topological polar surface area (TPSA) is 0 Å². The van der Waals surface area contributed by atoms with Gasteiger partial charge >= 0.3 is 18.9 Å². The van der Waals surface area contributed by atoms with Gasteiger partial charge in [0.25, 0.3) is 0 Å². The molecule has 0 aliphatic carbocycles. The van der Waals surface area contributed by atoms with Crippen LogP contribution in [0.2, 0.25) is 0 Å². The molecule has 0 saturated heterocycles. The van der Waals surface area contributed by atoms with Crippen LogP contribution in [0.4, 0.5) is 0 Å². The summed E-state index contributed by atoms with van der Waals surface area (Å²) in [5, 5.41) is 0. The quantitative estimate of drug-likeness (QED) is 0.362. The van der Waals surface area contributed by atoms with Crippen LogP contribution in [0.5, 0.6) is 0 Å². The Morgan fingerprint density at radius 1 is 0.750 bits per heavy atom. The van der Waals surface area contributed by atoms with Gasteiger partial charge in [0.15, 0.2) is 17.4 Å². The maximum absolute atomic E-state index is 2.00. The van der Waals surface area contributed by atoms with Crippen molar-refractivity contribution in [3.05, 3.63) is 36.4 Å². The van der Waals surface area contributed by atoms with Gasteiger partial charge in [-0.05, 0) is 0 Å². The minimum atomic E-state index is 0. The molecule has 2 heteroatoms. The zero-order valence-corrected chi connectivity index (χ0v) is 4.46. The van der Waals surface area contributed by atoms with Gasteiger partial charge in [0.1, 0.15) is 0 Å². The van der Waals surface area contributed by atoms with Gasteiger partial charge < -0.3 is 1.43 Å². The van der Waals surface area contributed by atoms with Gasteiger partial charge in [-0.25, -0.2) is 0 Å². The summed E-state index contributed by atoms with van der Waals surface area (Å²) in [5.74, 6) is 0. The summed E-state index contributed by atoms with van der Waals surface area (Å²) in [7, 11) is 0. The third-order valence-corrected chi connectivity index (χ3v) is 0.667. The molecular formula is C6H16AlLi. The monoisotopic (exact) mass is 122 g/mol. The van der Waals surface area contributed by atoms with Crippen molar-refractivity contribution in [3.63, 3.8) is 0 Å². The van der Waals surface area contributed by atoms with E-state index >= 15 is 0 Å². The molecule has 0 spiro atoms. The number of benzene rings is 1. The van der Waals surface area contributed by atoms with Crippen LogP contribution < -0.4 is 18.9 Å². The van der Waals surface area contributed by atoms with Crippen molar-refractivity contribution in [3.8, 4) is 0 Å². The molecule has 1 aromatic rings. The fraction of sp³-hybridized carbons (Fsp3) is 0. The van der Waals surface area contributed by atoms with E-state index < -0.39 is 0 Å². The van der Waals surface area contributed by atoms with Crippen LogP contribution >= 0.6 is 0 Å². The van der Waals surface area contributed by atoms with E-state index in [9.17, 15) is 0 Å². The molecule has 8 heavy (non-hydrogen) atoms. The Morgan fingerprint density at radius 3 is 1.00 bits per heavy atom. The van der Waals surface area contributed by atoms with Crippen LogP contribution in [-0.2, 0) is 0 Å². The van der Waals surface area contributed by atoms with Crippen molar-refractivity contribution in [2.75, 3.05) is 0 Å². The summed E-state index contributed by atoms with van der Waals surface area (Å²) >= 11 is 0. The van der Waals surface area contributed by atoms with Gasteiger partial charge in [-0.1, -0.05) is 36.4 Å². The van der Waals surface area contributed by atoms with Crippen molar-refractivity contribution in [2.45, 2.75) is 0 Å². The van der Waals surface area contributed by atoms with E-state index in [0.29, 0.717) is 0 Å². The van der Waals surface area contributed by atoms with E-state index in [-0.39, 0.29) is 41.9 Å². The van der Waals surface area contributed by atoms with Gasteiger partial charge in [-0.3, -0.25) is 0 Å². The first-order chi connectivity index (χ1) is 3.00. The maximum Gasteiger partial charge on any atom is 1.00 e. The summed E-state index contributed by atoms with van der Waals surface area (Å²) in [4.78, 5) is 0. The SMILES string of the molecule is [AlH3].[H-].[HH].[HH].[HH].[Li+].c1ccccc1. The number of hydrogen-bond donors (Lipinski definition) is 0. The Balaban J connectivity index is -0.0000000150. The van der Waals surface area contributed by atoms with Crippen molar-refractivity contribution >= 4 is 17.4 Å². The average Bonchev–Trinajstić information content (AvgIpc) is 1.72. The standard InChI is InChI=1S/C6H6.Al.Li.3H2.4H/c1-2-4-6-5-3-1;;;;;;;;;/h1-6H;;;3*1H;;;;/q;;+1;;;;;;;-1. The second-order valence-corrected chi connectivity index (χ2v) is 1.15. The molecule has 1 aromatic carbocycles. The van der Waals surface area contributed by atoms with Gasteiger partial charge in [0, 0.05) is 4.28 Å². The fourth-order valence-corrected chi connectivity index (χ4v) is 0.385. The molecule has 0 aliphatic heterocycles. The Kier molecular flexibility index (Phi) is 10.3. The van der Waals surface area contributed by atoms with Crippen LogP contribution in [0.25, 0.3) is 0 Å². The third-order valence-electron chi connectivity index (χ3n) is 0.667. The molecule has 0 saturated carbocycles. The number of hydrogen-bond acceptors (Lipinski definition) is 0. The number of rotatable bonds is 0. The van der Waals surface area contributed by atoms with Crippen LogP contribution in [0.1, 0.15) is 5.71 Å². The van der Waals surface area contributed by atoms with E-state index in [1.54, 1.807) is 0 Å². The first-order valence-corrected chi connectivity index (χ1v) is 2.00. The Hall–Kier alpha value is 0.350. The van der Waals surface area contributed by atoms with Gasteiger partial charge in [-0.15, -0.1) is 0 Å². The Labute approximate surface area is 78.5 Å². The predicted molar refractivity (Wildman–Crippen MR) is 43.8 cm³/mol. The first kappa shape index (κ1) is 11.2. The molecular weight excluding hydrogens is 106 g/mol. The van der Waals surface area contributed by atoms with Gasteiger partial charge in [0.2, 0.25) is 0 Å². The summed E-state index contributed by atoms with van der Waals surface area (Å²) < 4.78 is 0. The molecule has 0 aromatic heterocycles. The van der Waals surface area contributed by atoms with E-state index in [1.165, 1.54) is 0 Å². The van der Waals surface area contributed by atoms with Crippen LogP contribution in [0.15, 0.2) is 36.4 Å². The van der Waals surface area contributed by atoms with Crippen molar-refractivity contribution in [1.82, 2.24) is 0 Å². The molecule has 0 radical (unpaired) electrons. The van der Waals surface area contributed by atoms with Gasteiger partial charge in [-0.2, -0.15) is 0 Å². The van der Waals surface area contributed by atoms with Crippen LogP contribution in [0, 0.1) is 0 Å². The molecule has 0 aliphatic rings. The van der Waals surface area contributed by atoms with Crippen molar-refractivity contribution in [2.24, 2.45) is 0 Å². The minimum absolute atomic E-state index is 0. The first-order valence-electron chi connectivity index (χ1n) is 2.00. The molecule has 0 bridgehead atoms. The predicted octanol–water partition coefficient (Wildman–Crippen LogP) is -1.64. The van der Waals surface area contributed by atoms with E-state index in [2.05, 4.69) is 0 Å². The van der Waals surface area contributed by atoms with Crippen LogP contribution in [0.3, 0.4) is 0 Å². The molecule has 0 N–H and O–H groups in total. The summed E-state index contributed by atoms with van der Waals surface area (Å²) in [6.45, 7) is 0. The Morgan fingerprint density at radius 2 is 0.875 bits per heavy atom. The fourth-order valence-electron chi connectivity index (χ4n) is 0.385. The molecule has 44 valence electrons. The normalized spacial score (nSPS) is 6.00. The zero-order valence-electron chi connectivity index (χ0n) is 5.46. The summed E-state index contributed by atoms with van der Waals surface area (Å²) in [5.41, 5.74) is 0. The van der Waals surface area contributed by atoms with E-state index in [1.807, 2.05) is 36.4 Å². The van der Waals surface area contributed by atoms with Crippen molar-refractivity contribution in [1.29, 1.82) is 0 Å². The second-order valence-electron chi connectivity index (χ2n) is 1.15. The summed E-state index contributed by atoms with van der Waals surface area (Å²) in [6, 6.07) is 12.0. The third kappa shape index (κ3) is 4.51. The molecule has 0 fully saturated rings. The average molecular weight is 122 g/mol. The van der Waals surface area contributed by atoms with E-state index in [4.69, 9.17) is 0 Å². The molecule has 1 rings (SSSR count). The molecule has 0 unspecified atom stereocenters. The maximum atomic E-state index is 2.00. The second kappa shape index (κ2) is 7.35. The van der Waals surface area contributed by atoms with E-state index in [0.717, 1.165) is 0 Å². The van der Waals surface area contributed by atoms with Gasteiger partial charge in [0.05, 0.1) is 0 Å². The zero-order chi connectivity index (χ0) is 4.24. The largest absolute Gasteiger partial charge is 1.00 e. The molecule has 0 amide bonds. The minimum Gasteiger partial charge on any atom is -1.00 e. The molecule has 0 heterocycles.